The zero-order valence-electron chi connectivity index (χ0n) is 17.1. The molecule has 0 bridgehead atoms. The zero-order valence-corrected chi connectivity index (χ0v) is 17.1. The molecule has 0 saturated carbocycles. The topological polar surface area (TPSA) is 0 Å². The maximum Gasteiger partial charge on any atom is 0.159 e. The van der Waals surface area contributed by atoms with Crippen LogP contribution in [0.1, 0.15) is 23.1 Å². The highest BCUT2D eigenvalue weighted by Crippen LogP contribution is 2.28. The molecular formula is C28H18F4. The van der Waals surface area contributed by atoms with Gasteiger partial charge in [0.1, 0.15) is 11.6 Å². The van der Waals surface area contributed by atoms with Crippen LogP contribution >= 0.6 is 0 Å². The molecule has 0 aliphatic heterocycles. The number of allylic oxidation sites excluding steroid dienone is 1. The fraction of sp³-hybridized carbons (Fsp3) is 0.0714. The molecule has 0 aliphatic rings. The third-order valence-corrected chi connectivity index (χ3v) is 5.14. The quantitative estimate of drug-likeness (QED) is 0.178. The van der Waals surface area contributed by atoms with Crippen molar-refractivity contribution in [3.63, 3.8) is 0 Å². The largest absolute Gasteiger partial charge is 0.206 e. The second-order valence-electron chi connectivity index (χ2n) is 7.42. The van der Waals surface area contributed by atoms with Crippen LogP contribution in [0.5, 0.6) is 0 Å². The summed E-state index contributed by atoms with van der Waals surface area (Å²) in [6.07, 6.45) is 2.89. The third-order valence-electron chi connectivity index (χ3n) is 5.14. The molecule has 0 fully saturated rings. The molecule has 4 rings (SSSR count). The molecule has 32 heavy (non-hydrogen) atoms. The van der Waals surface area contributed by atoms with E-state index in [1.807, 2.05) is 0 Å². The molecule has 0 nitrogen and oxygen atoms in total. The van der Waals surface area contributed by atoms with E-state index in [4.69, 9.17) is 0 Å². The molecule has 0 spiro atoms. The van der Waals surface area contributed by atoms with Crippen LogP contribution in [0.3, 0.4) is 0 Å². The maximum atomic E-state index is 14.5. The molecule has 4 aromatic rings. The highest BCUT2D eigenvalue weighted by Gasteiger charge is 2.13. The normalized spacial score (nSPS) is 10.6. The minimum absolute atomic E-state index is 0.0735. The lowest BCUT2D eigenvalue weighted by Gasteiger charge is -2.08. The lowest BCUT2D eigenvalue weighted by molar-refractivity contribution is 0.511. The smallest absolute Gasteiger partial charge is 0.159 e. The fourth-order valence-electron chi connectivity index (χ4n) is 3.50. The predicted molar refractivity (Wildman–Crippen MR) is 120 cm³/mol. The van der Waals surface area contributed by atoms with Crippen LogP contribution in [-0.2, 0) is 6.42 Å². The van der Waals surface area contributed by atoms with E-state index in [1.54, 1.807) is 48.5 Å². The van der Waals surface area contributed by atoms with Gasteiger partial charge in [0, 0.05) is 11.1 Å². The van der Waals surface area contributed by atoms with Crippen molar-refractivity contribution in [2.75, 3.05) is 0 Å². The lowest BCUT2D eigenvalue weighted by atomic mass is 9.99. The lowest BCUT2D eigenvalue weighted by Crippen LogP contribution is -1.95. The Morgan fingerprint density at radius 3 is 1.91 bits per heavy atom. The highest BCUT2D eigenvalue weighted by atomic mass is 19.2. The summed E-state index contributed by atoms with van der Waals surface area (Å²) in [5.41, 5.74) is 2.23. The van der Waals surface area contributed by atoms with Gasteiger partial charge in [-0.15, -0.1) is 6.58 Å². The standard InChI is InChI=1S/C28H18F4/c1-2-3-4-20-14-26(31)28(27(32)15-20)21-10-7-18(8-11-21)5-6-19-9-12-22-16-24(29)25(30)17-23(22)13-19/h2,7-17H,1,3-4H2. The van der Waals surface area contributed by atoms with Crippen LogP contribution in [0.2, 0.25) is 0 Å². The van der Waals surface area contributed by atoms with Gasteiger partial charge in [0.05, 0.1) is 5.56 Å². The fourth-order valence-corrected chi connectivity index (χ4v) is 3.50. The van der Waals surface area contributed by atoms with E-state index in [0.29, 0.717) is 45.9 Å². The van der Waals surface area contributed by atoms with Gasteiger partial charge < -0.3 is 0 Å². The van der Waals surface area contributed by atoms with E-state index in [1.165, 1.54) is 12.1 Å². The van der Waals surface area contributed by atoms with E-state index in [-0.39, 0.29) is 5.56 Å². The Labute approximate surface area is 183 Å². The first-order valence-corrected chi connectivity index (χ1v) is 10.0. The Morgan fingerprint density at radius 1 is 0.656 bits per heavy atom. The van der Waals surface area contributed by atoms with Gasteiger partial charge >= 0.3 is 0 Å². The third kappa shape index (κ3) is 4.58. The second-order valence-corrected chi connectivity index (χ2v) is 7.42. The zero-order chi connectivity index (χ0) is 22.7. The summed E-state index contributed by atoms with van der Waals surface area (Å²) in [7, 11) is 0. The molecule has 0 N–H and O–H groups in total. The molecule has 158 valence electrons. The van der Waals surface area contributed by atoms with Gasteiger partial charge in [-0.3, -0.25) is 0 Å². The SMILES string of the molecule is C=CCCc1cc(F)c(-c2ccc(C#Cc3ccc4cc(F)c(F)cc4c3)cc2)c(F)c1. The second kappa shape index (κ2) is 9.11. The first kappa shape index (κ1) is 21.4. The Balaban J connectivity index is 1.58. The first-order chi connectivity index (χ1) is 15.4. The molecule has 4 heteroatoms. The van der Waals surface area contributed by atoms with Crippen LogP contribution < -0.4 is 0 Å². The van der Waals surface area contributed by atoms with E-state index in [2.05, 4.69) is 18.4 Å². The van der Waals surface area contributed by atoms with Crippen LogP contribution in [-0.4, -0.2) is 0 Å². The monoisotopic (exact) mass is 430 g/mol. The van der Waals surface area contributed by atoms with Crippen molar-refractivity contribution in [3.8, 4) is 23.0 Å². The summed E-state index contributed by atoms with van der Waals surface area (Å²) in [6.45, 7) is 3.62. The van der Waals surface area contributed by atoms with Gasteiger partial charge in [-0.1, -0.05) is 36.1 Å². The summed E-state index contributed by atoms with van der Waals surface area (Å²) < 4.78 is 55.9. The Hall–Kier alpha value is -3.84. The van der Waals surface area contributed by atoms with Crippen LogP contribution in [0.15, 0.2) is 79.4 Å². The maximum absolute atomic E-state index is 14.5. The van der Waals surface area contributed by atoms with Crippen molar-refractivity contribution in [1.82, 2.24) is 0 Å². The van der Waals surface area contributed by atoms with E-state index in [9.17, 15) is 17.6 Å². The number of fused-ring (bicyclic) bond motifs is 1. The molecule has 0 saturated heterocycles. The Kier molecular flexibility index (Phi) is 6.09. The van der Waals surface area contributed by atoms with Crippen molar-refractivity contribution >= 4 is 10.8 Å². The van der Waals surface area contributed by atoms with Crippen molar-refractivity contribution in [1.29, 1.82) is 0 Å². The molecule has 0 amide bonds. The summed E-state index contributed by atoms with van der Waals surface area (Å²) in [5, 5.41) is 1.13. The molecule has 0 radical (unpaired) electrons. The summed E-state index contributed by atoms with van der Waals surface area (Å²) in [4.78, 5) is 0. The van der Waals surface area contributed by atoms with Crippen molar-refractivity contribution in [2.24, 2.45) is 0 Å². The summed E-state index contributed by atoms with van der Waals surface area (Å²) in [6, 6.07) is 16.7. The average molecular weight is 430 g/mol. The van der Waals surface area contributed by atoms with E-state index in [0.717, 1.165) is 12.1 Å². The molecule has 0 aromatic heterocycles. The van der Waals surface area contributed by atoms with Crippen molar-refractivity contribution in [3.05, 3.63) is 119 Å². The number of hydrogen-bond donors (Lipinski definition) is 0. The first-order valence-electron chi connectivity index (χ1n) is 10.0. The van der Waals surface area contributed by atoms with Gasteiger partial charge in [0.15, 0.2) is 11.6 Å². The predicted octanol–water partition coefficient (Wildman–Crippen LogP) is 7.58. The van der Waals surface area contributed by atoms with Crippen molar-refractivity contribution in [2.45, 2.75) is 12.8 Å². The Bertz CT molecular complexity index is 1350. The molecule has 4 aromatic carbocycles. The summed E-state index contributed by atoms with van der Waals surface area (Å²) in [5.74, 6) is 2.93. The molecular weight excluding hydrogens is 412 g/mol. The van der Waals surface area contributed by atoms with Gasteiger partial charge in [-0.05, 0) is 83.3 Å². The highest BCUT2D eigenvalue weighted by molar-refractivity contribution is 5.84. The minimum Gasteiger partial charge on any atom is -0.206 e. The van der Waals surface area contributed by atoms with Crippen LogP contribution in [0, 0.1) is 35.1 Å². The number of rotatable bonds is 4. The van der Waals surface area contributed by atoms with E-state index >= 15 is 0 Å². The average Bonchev–Trinajstić information content (AvgIpc) is 2.77. The number of aryl methyl sites for hydroxylation is 1. The molecule has 0 heterocycles. The number of benzene rings is 4. The number of halogens is 4. The van der Waals surface area contributed by atoms with Gasteiger partial charge in [-0.2, -0.15) is 0 Å². The van der Waals surface area contributed by atoms with Gasteiger partial charge in [0.2, 0.25) is 0 Å². The minimum atomic E-state index is -0.911. The number of hydrogen-bond acceptors (Lipinski definition) is 0. The molecule has 0 atom stereocenters. The van der Waals surface area contributed by atoms with Crippen molar-refractivity contribution < 1.29 is 17.6 Å². The molecule has 0 aliphatic carbocycles. The van der Waals surface area contributed by atoms with Gasteiger partial charge in [0.25, 0.3) is 0 Å². The molecule has 0 unspecified atom stereocenters. The van der Waals surface area contributed by atoms with Crippen LogP contribution in [0.4, 0.5) is 17.6 Å². The van der Waals surface area contributed by atoms with E-state index < -0.39 is 23.3 Å². The summed E-state index contributed by atoms with van der Waals surface area (Å²) >= 11 is 0. The Morgan fingerprint density at radius 2 is 1.25 bits per heavy atom. The van der Waals surface area contributed by atoms with Crippen LogP contribution in [0.25, 0.3) is 21.9 Å². The van der Waals surface area contributed by atoms with Gasteiger partial charge in [-0.25, -0.2) is 17.6 Å².